The summed E-state index contributed by atoms with van der Waals surface area (Å²) >= 11 is 5.71. The van der Waals surface area contributed by atoms with Gasteiger partial charge in [-0.3, -0.25) is 9.59 Å². The van der Waals surface area contributed by atoms with E-state index in [1.165, 1.54) is 30.3 Å². The molecule has 0 unspecified atom stereocenters. The molecule has 2 amide bonds. The molecule has 0 bridgehead atoms. The number of nitrogens with one attached hydrogen (secondary N) is 2. The monoisotopic (exact) mass is 426 g/mol. The highest BCUT2D eigenvalue weighted by Crippen LogP contribution is 2.23. The van der Waals surface area contributed by atoms with Gasteiger partial charge in [-0.05, 0) is 35.9 Å². The number of benzene rings is 2. The van der Waals surface area contributed by atoms with Crippen LogP contribution in [-0.4, -0.2) is 41.8 Å². The largest absolute Gasteiger partial charge is 0.411 e. The molecule has 0 saturated heterocycles. The van der Waals surface area contributed by atoms with Crippen molar-refractivity contribution in [2.75, 3.05) is 6.54 Å². The number of carbonyl (C=O) groups is 2. The number of hydrogen-bond acceptors (Lipinski definition) is 3. The van der Waals surface area contributed by atoms with Gasteiger partial charge >= 0.3 is 6.18 Å². The van der Waals surface area contributed by atoms with E-state index < -0.39 is 36.7 Å². The standard InChI is InChI=1S/C20H18ClF3N2O3/c21-15-9-7-14(8-10-15)19(29)25-12-16(27)18(20(22,23)24)26-17(28)11-6-13-4-2-1-3-5-13/h1-11,16,18,27H,12H2,(H,25,29)(H,26,28)/b11-6+/t16-,18+/m0/s1. The summed E-state index contributed by atoms with van der Waals surface area (Å²) in [7, 11) is 0. The number of aliphatic hydroxyl groups excluding tert-OH is 1. The van der Waals surface area contributed by atoms with Crippen LogP contribution in [0.1, 0.15) is 15.9 Å². The molecule has 2 atom stereocenters. The maximum Gasteiger partial charge on any atom is 0.411 e. The summed E-state index contributed by atoms with van der Waals surface area (Å²) in [5.74, 6) is -1.71. The molecule has 2 aromatic rings. The van der Waals surface area contributed by atoms with Gasteiger partial charge in [0.2, 0.25) is 5.91 Å². The molecular formula is C20H18ClF3N2O3. The van der Waals surface area contributed by atoms with E-state index in [1.807, 2.05) is 0 Å². The van der Waals surface area contributed by atoms with Gasteiger partial charge in [0.1, 0.15) is 6.10 Å². The molecule has 0 fully saturated rings. The molecule has 0 aliphatic carbocycles. The first kappa shape index (κ1) is 22.4. The first-order valence-corrected chi connectivity index (χ1v) is 8.87. The number of alkyl halides is 3. The van der Waals surface area contributed by atoms with E-state index in [0.29, 0.717) is 10.6 Å². The fraction of sp³-hybridized carbons (Fsp3) is 0.200. The second-order valence-corrected chi connectivity index (χ2v) is 6.49. The predicted molar refractivity (Wildman–Crippen MR) is 103 cm³/mol. The Kier molecular flexibility index (Phi) is 7.81. The lowest BCUT2D eigenvalue weighted by Crippen LogP contribution is -2.55. The van der Waals surface area contributed by atoms with Crippen molar-refractivity contribution in [3.05, 3.63) is 76.8 Å². The van der Waals surface area contributed by atoms with Crippen LogP contribution in [0.25, 0.3) is 6.08 Å². The van der Waals surface area contributed by atoms with E-state index in [1.54, 1.807) is 35.6 Å². The molecule has 9 heteroatoms. The molecule has 0 saturated carbocycles. The summed E-state index contributed by atoms with van der Waals surface area (Å²) in [5, 5.41) is 14.2. The third kappa shape index (κ3) is 7.24. The summed E-state index contributed by atoms with van der Waals surface area (Å²) in [4.78, 5) is 23.8. The minimum Gasteiger partial charge on any atom is -0.389 e. The normalized spacial score (nSPS) is 13.7. The molecule has 5 nitrogen and oxygen atoms in total. The molecule has 2 aromatic carbocycles. The highest BCUT2D eigenvalue weighted by atomic mass is 35.5. The Balaban J connectivity index is 1.97. The molecular weight excluding hydrogens is 409 g/mol. The maximum atomic E-state index is 13.3. The fourth-order valence-corrected chi connectivity index (χ4v) is 2.48. The van der Waals surface area contributed by atoms with Gasteiger partial charge in [-0.2, -0.15) is 13.2 Å². The van der Waals surface area contributed by atoms with Crippen LogP contribution in [0.5, 0.6) is 0 Å². The predicted octanol–water partition coefficient (Wildman–Crippen LogP) is 3.19. The molecule has 0 aliphatic heterocycles. The average molecular weight is 427 g/mol. The Bertz CT molecular complexity index is 856. The summed E-state index contributed by atoms with van der Waals surface area (Å²) < 4.78 is 39.8. The van der Waals surface area contributed by atoms with E-state index in [0.717, 1.165) is 6.08 Å². The van der Waals surface area contributed by atoms with Gasteiger partial charge in [0.15, 0.2) is 6.04 Å². The summed E-state index contributed by atoms with van der Waals surface area (Å²) in [6.07, 6.45) is -4.72. The molecule has 0 aromatic heterocycles. The van der Waals surface area contributed by atoms with Crippen LogP contribution in [0.3, 0.4) is 0 Å². The van der Waals surface area contributed by atoms with Crippen LogP contribution < -0.4 is 10.6 Å². The summed E-state index contributed by atoms with van der Waals surface area (Å²) in [5.41, 5.74) is 0.793. The lowest BCUT2D eigenvalue weighted by molar-refractivity contribution is -0.179. The molecule has 0 heterocycles. The van der Waals surface area contributed by atoms with Gasteiger partial charge in [0, 0.05) is 23.2 Å². The Hall–Kier alpha value is -2.84. The zero-order valence-electron chi connectivity index (χ0n) is 15.0. The lowest BCUT2D eigenvalue weighted by Gasteiger charge is -2.26. The zero-order valence-corrected chi connectivity index (χ0v) is 15.7. The number of halogens is 4. The van der Waals surface area contributed by atoms with Gasteiger partial charge in [-0.15, -0.1) is 0 Å². The van der Waals surface area contributed by atoms with Crippen molar-refractivity contribution >= 4 is 29.5 Å². The van der Waals surface area contributed by atoms with Crippen LogP contribution in [0.4, 0.5) is 13.2 Å². The second kappa shape index (κ2) is 10.1. The van der Waals surface area contributed by atoms with Crippen molar-refractivity contribution in [1.82, 2.24) is 10.6 Å². The topological polar surface area (TPSA) is 78.4 Å². The number of rotatable bonds is 7. The number of aliphatic hydroxyl groups is 1. The van der Waals surface area contributed by atoms with Gasteiger partial charge in [-0.25, -0.2) is 0 Å². The average Bonchev–Trinajstić information content (AvgIpc) is 2.69. The van der Waals surface area contributed by atoms with Crippen molar-refractivity contribution < 1.29 is 27.9 Å². The number of amides is 2. The van der Waals surface area contributed by atoms with Crippen LogP contribution in [0, 0.1) is 0 Å². The van der Waals surface area contributed by atoms with Crippen LogP contribution in [-0.2, 0) is 4.79 Å². The quantitative estimate of drug-likeness (QED) is 0.595. The minimum atomic E-state index is -4.92. The Labute approximate surface area is 170 Å². The van der Waals surface area contributed by atoms with E-state index in [-0.39, 0.29) is 5.56 Å². The Morgan fingerprint density at radius 1 is 1.07 bits per heavy atom. The van der Waals surface area contributed by atoms with E-state index in [2.05, 4.69) is 5.32 Å². The smallest absolute Gasteiger partial charge is 0.389 e. The first-order chi connectivity index (χ1) is 13.7. The number of carbonyl (C=O) groups excluding carboxylic acids is 2. The minimum absolute atomic E-state index is 0.167. The van der Waals surface area contributed by atoms with Gasteiger partial charge in [0.05, 0.1) is 0 Å². The SMILES string of the molecule is O=C(/C=C/c1ccccc1)N[C@H]([C@@H](O)CNC(=O)c1ccc(Cl)cc1)C(F)(F)F. The number of hydrogen-bond donors (Lipinski definition) is 3. The molecule has 29 heavy (non-hydrogen) atoms. The van der Waals surface area contributed by atoms with Crippen molar-refractivity contribution in [2.24, 2.45) is 0 Å². The first-order valence-electron chi connectivity index (χ1n) is 8.49. The molecule has 0 spiro atoms. The second-order valence-electron chi connectivity index (χ2n) is 6.06. The molecule has 3 N–H and O–H groups in total. The van der Waals surface area contributed by atoms with Crippen molar-refractivity contribution in [1.29, 1.82) is 0 Å². The zero-order chi connectivity index (χ0) is 21.4. The fourth-order valence-electron chi connectivity index (χ4n) is 2.35. The summed E-state index contributed by atoms with van der Waals surface area (Å²) in [6, 6.07) is 11.6. The maximum absolute atomic E-state index is 13.3. The highest BCUT2D eigenvalue weighted by Gasteiger charge is 2.45. The lowest BCUT2D eigenvalue weighted by atomic mass is 10.1. The van der Waals surface area contributed by atoms with Crippen LogP contribution in [0.2, 0.25) is 5.02 Å². The van der Waals surface area contributed by atoms with Crippen molar-refractivity contribution in [3.63, 3.8) is 0 Å². The molecule has 0 radical (unpaired) electrons. The molecule has 154 valence electrons. The third-order valence-corrected chi connectivity index (χ3v) is 4.09. The molecule has 0 aliphatic rings. The van der Waals surface area contributed by atoms with E-state index in [4.69, 9.17) is 11.6 Å². The Morgan fingerprint density at radius 2 is 1.69 bits per heavy atom. The third-order valence-electron chi connectivity index (χ3n) is 3.84. The van der Waals surface area contributed by atoms with Crippen LogP contribution >= 0.6 is 11.6 Å². The van der Waals surface area contributed by atoms with Gasteiger partial charge in [0.25, 0.3) is 5.91 Å². The van der Waals surface area contributed by atoms with E-state index >= 15 is 0 Å². The molecule has 2 rings (SSSR count). The highest BCUT2D eigenvalue weighted by molar-refractivity contribution is 6.30. The Morgan fingerprint density at radius 3 is 2.28 bits per heavy atom. The van der Waals surface area contributed by atoms with Gasteiger partial charge in [-0.1, -0.05) is 41.9 Å². The van der Waals surface area contributed by atoms with Gasteiger partial charge < -0.3 is 15.7 Å². The summed E-state index contributed by atoms with van der Waals surface area (Å²) in [6.45, 7) is -0.714. The van der Waals surface area contributed by atoms with Crippen molar-refractivity contribution in [3.8, 4) is 0 Å². The van der Waals surface area contributed by atoms with Crippen LogP contribution in [0.15, 0.2) is 60.7 Å². The van der Waals surface area contributed by atoms with E-state index in [9.17, 15) is 27.9 Å². The van der Waals surface area contributed by atoms with Crippen molar-refractivity contribution in [2.45, 2.75) is 18.3 Å².